The van der Waals surface area contributed by atoms with Crippen LogP contribution in [0.1, 0.15) is 26.5 Å². The molecule has 0 atom stereocenters. The van der Waals surface area contributed by atoms with Crippen LogP contribution in [0.25, 0.3) is 5.69 Å². The SMILES string of the molecule is COCCOc1cccc(-n2nc(C(C)(C)C)cc2N)c1. The second kappa shape index (κ2) is 6.18. The Morgan fingerprint density at radius 1 is 1.19 bits per heavy atom. The Morgan fingerprint density at radius 3 is 2.57 bits per heavy atom. The highest BCUT2D eigenvalue weighted by Crippen LogP contribution is 2.25. The van der Waals surface area contributed by atoms with Crippen LogP contribution in [0.2, 0.25) is 0 Å². The number of anilines is 1. The van der Waals surface area contributed by atoms with Crippen LogP contribution in [0.5, 0.6) is 5.75 Å². The van der Waals surface area contributed by atoms with Crippen LogP contribution < -0.4 is 10.5 Å². The van der Waals surface area contributed by atoms with E-state index < -0.39 is 0 Å². The predicted octanol–water partition coefficient (Wildman–Crippen LogP) is 2.78. The number of nitrogens with zero attached hydrogens (tertiary/aromatic N) is 2. The maximum absolute atomic E-state index is 6.08. The molecule has 5 heteroatoms. The van der Waals surface area contributed by atoms with Crippen molar-refractivity contribution in [3.8, 4) is 11.4 Å². The minimum Gasteiger partial charge on any atom is -0.491 e. The molecule has 2 rings (SSSR count). The van der Waals surface area contributed by atoms with Crippen LogP contribution in [0.4, 0.5) is 5.82 Å². The molecule has 2 aromatic rings. The number of hydrogen-bond donors (Lipinski definition) is 1. The van der Waals surface area contributed by atoms with Crippen molar-refractivity contribution in [3.05, 3.63) is 36.0 Å². The number of benzene rings is 1. The lowest BCUT2D eigenvalue weighted by molar-refractivity contribution is 0.146. The number of aromatic nitrogens is 2. The Kier molecular flexibility index (Phi) is 4.53. The summed E-state index contributed by atoms with van der Waals surface area (Å²) in [7, 11) is 1.65. The van der Waals surface area contributed by atoms with Gasteiger partial charge in [-0.25, -0.2) is 4.68 Å². The van der Waals surface area contributed by atoms with Crippen LogP contribution in [-0.4, -0.2) is 30.1 Å². The molecule has 2 N–H and O–H groups in total. The van der Waals surface area contributed by atoms with Gasteiger partial charge in [-0.05, 0) is 12.1 Å². The van der Waals surface area contributed by atoms with Gasteiger partial charge in [0.15, 0.2) is 0 Å². The van der Waals surface area contributed by atoms with E-state index in [1.807, 2.05) is 30.3 Å². The number of rotatable bonds is 5. The highest BCUT2D eigenvalue weighted by atomic mass is 16.5. The molecule has 21 heavy (non-hydrogen) atoms. The molecule has 0 saturated heterocycles. The number of nitrogen functional groups attached to an aromatic ring is 1. The summed E-state index contributed by atoms with van der Waals surface area (Å²) in [6.07, 6.45) is 0. The van der Waals surface area contributed by atoms with E-state index in [2.05, 4.69) is 25.9 Å². The first-order valence-electron chi connectivity index (χ1n) is 7.00. The summed E-state index contributed by atoms with van der Waals surface area (Å²) in [5.74, 6) is 1.39. The third-order valence-electron chi connectivity index (χ3n) is 3.12. The molecule has 5 nitrogen and oxygen atoms in total. The summed E-state index contributed by atoms with van der Waals surface area (Å²) in [4.78, 5) is 0. The second-order valence-corrected chi connectivity index (χ2v) is 5.95. The lowest BCUT2D eigenvalue weighted by atomic mass is 9.92. The van der Waals surface area contributed by atoms with E-state index in [0.29, 0.717) is 19.0 Å². The maximum atomic E-state index is 6.08. The number of hydrogen-bond acceptors (Lipinski definition) is 4. The molecular formula is C16H23N3O2. The van der Waals surface area contributed by atoms with E-state index in [1.165, 1.54) is 0 Å². The van der Waals surface area contributed by atoms with Crippen molar-refractivity contribution in [1.29, 1.82) is 0 Å². The van der Waals surface area contributed by atoms with Crippen molar-refractivity contribution in [2.45, 2.75) is 26.2 Å². The molecule has 0 radical (unpaired) electrons. The van der Waals surface area contributed by atoms with Gasteiger partial charge in [-0.1, -0.05) is 26.8 Å². The Bertz CT molecular complexity index is 600. The molecule has 114 valence electrons. The molecule has 0 aliphatic heterocycles. The summed E-state index contributed by atoms with van der Waals surface area (Å²) >= 11 is 0. The molecule has 0 bridgehead atoms. The standard InChI is InChI=1S/C16H23N3O2/c1-16(2,3)14-11-15(17)19(18-14)12-6-5-7-13(10-12)21-9-8-20-4/h5-7,10-11H,8-9,17H2,1-4H3. The summed E-state index contributed by atoms with van der Waals surface area (Å²) in [5.41, 5.74) is 7.90. The Labute approximate surface area is 125 Å². The van der Waals surface area contributed by atoms with E-state index in [0.717, 1.165) is 17.1 Å². The van der Waals surface area contributed by atoms with Crippen molar-refractivity contribution in [2.75, 3.05) is 26.1 Å². The van der Waals surface area contributed by atoms with Gasteiger partial charge in [0.1, 0.15) is 18.2 Å². The fraction of sp³-hybridized carbons (Fsp3) is 0.438. The molecule has 0 unspecified atom stereocenters. The van der Waals surface area contributed by atoms with Gasteiger partial charge in [0, 0.05) is 24.7 Å². The number of ether oxygens (including phenoxy) is 2. The fourth-order valence-corrected chi connectivity index (χ4v) is 1.92. The lowest BCUT2D eigenvalue weighted by Crippen LogP contribution is -2.12. The van der Waals surface area contributed by atoms with E-state index in [4.69, 9.17) is 15.2 Å². The van der Waals surface area contributed by atoms with Crippen LogP contribution >= 0.6 is 0 Å². The Hall–Kier alpha value is -2.01. The third-order valence-corrected chi connectivity index (χ3v) is 3.12. The highest BCUT2D eigenvalue weighted by molar-refractivity contribution is 5.46. The largest absolute Gasteiger partial charge is 0.491 e. The van der Waals surface area contributed by atoms with Crippen LogP contribution in [0, 0.1) is 0 Å². The van der Waals surface area contributed by atoms with Gasteiger partial charge >= 0.3 is 0 Å². The van der Waals surface area contributed by atoms with Gasteiger partial charge in [-0.3, -0.25) is 0 Å². The monoisotopic (exact) mass is 289 g/mol. The summed E-state index contributed by atoms with van der Waals surface area (Å²) < 4.78 is 12.3. The summed E-state index contributed by atoms with van der Waals surface area (Å²) in [6, 6.07) is 9.63. The maximum Gasteiger partial charge on any atom is 0.127 e. The van der Waals surface area contributed by atoms with Gasteiger partial charge in [-0.2, -0.15) is 5.10 Å². The smallest absolute Gasteiger partial charge is 0.127 e. The first-order chi connectivity index (χ1) is 9.91. The van der Waals surface area contributed by atoms with Crippen molar-refractivity contribution in [1.82, 2.24) is 9.78 Å². The first-order valence-corrected chi connectivity index (χ1v) is 7.00. The molecule has 0 saturated carbocycles. The van der Waals surface area contributed by atoms with E-state index in [9.17, 15) is 0 Å². The zero-order valence-corrected chi connectivity index (χ0v) is 13.1. The number of nitrogens with two attached hydrogens (primary N) is 1. The molecule has 0 spiro atoms. The zero-order valence-electron chi connectivity index (χ0n) is 13.1. The Balaban J connectivity index is 2.26. The van der Waals surface area contributed by atoms with Crippen molar-refractivity contribution < 1.29 is 9.47 Å². The van der Waals surface area contributed by atoms with E-state index in [-0.39, 0.29) is 5.41 Å². The molecule has 0 amide bonds. The average Bonchev–Trinajstić information content (AvgIpc) is 2.82. The molecule has 0 fully saturated rings. The molecule has 1 aromatic heterocycles. The fourth-order valence-electron chi connectivity index (χ4n) is 1.92. The average molecular weight is 289 g/mol. The molecular weight excluding hydrogens is 266 g/mol. The Morgan fingerprint density at radius 2 is 1.95 bits per heavy atom. The van der Waals surface area contributed by atoms with Gasteiger partial charge in [0.2, 0.25) is 0 Å². The predicted molar refractivity (Wildman–Crippen MR) is 84.0 cm³/mol. The zero-order chi connectivity index (χ0) is 15.5. The van der Waals surface area contributed by atoms with Crippen LogP contribution in [-0.2, 0) is 10.2 Å². The van der Waals surface area contributed by atoms with Crippen molar-refractivity contribution in [2.24, 2.45) is 0 Å². The highest BCUT2D eigenvalue weighted by Gasteiger charge is 2.19. The van der Waals surface area contributed by atoms with Gasteiger partial charge in [-0.15, -0.1) is 0 Å². The van der Waals surface area contributed by atoms with E-state index >= 15 is 0 Å². The first kappa shape index (κ1) is 15.4. The minimum absolute atomic E-state index is 0.0358. The normalized spacial score (nSPS) is 11.6. The minimum atomic E-state index is -0.0358. The quantitative estimate of drug-likeness (QED) is 0.860. The topological polar surface area (TPSA) is 62.3 Å². The van der Waals surface area contributed by atoms with Crippen molar-refractivity contribution >= 4 is 5.82 Å². The van der Waals surface area contributed by atoms with Gasteiger partial charge in [0.05, 0.1) is 18.0 Å². The number of methoxy groups -OCH3 is 1. The van der Waals surface area contributed by atoms with Crippen LogP contribution in [0.3, 0.4) is 0 Å². The van der Waals surface area contributed by atoms with E-state index in [1.54, 1.807) is 11.8 Å². The molecule has 0 aliphatic rings. The summed E-state index contributed by atoms with van der Waals surface area (Å²) in [6.45, 7) is 7.42. The molecule has 0 aliphatic carbocycles. The molecule has 1 heterocycles. The third kappa shape index (κ3) is 3.76. The van der Waals surface area contributed by atoms with Gasteiger partial charge in [0.25, 0.3) is 0 Å². The second-order valence-electron chi connectivity index (χ2n) is 5.95. The molecule has 1 aromatic carbocycles. The van der Waals surface area contributed by atoms with Crippen LogP contribution in [0.15, 0.2) is 30.3 Å². The lowest BCUT2D eigenvalue weighted by Gasteiger charge is -2.14. The summed E-state index contributed by atoms with van der Waals surface area (Å²) in [5, 5.41) is 4.60. The van der Waals surface area contributed by atoms with Gasteiger partial charge < -0.3 is 15.2 Å². The van der Waals surface area contributed by atoms with Crippen molar-refractivity contribution in [3.63, 3.8) is 0 Å².